The summed E-state index contributed by atoms with van der Waals surface area (Å²) in [6.45, 7) is 0. The normalized spacial score (nSPS) is 12.2. The average molecular weight is 260 g/mol. The second-order valence-electron chi connectivity index (χ2n) is 5.17. The molecule has 1 aliphatic carbocycles. The molecule has 0 fully saturated rings. The summed E-state index contributed by atoms with van der Waals surface area (Å²) in [6.07, 6.45) is 0.796. The summed E-state index contributed by atoms with van der Waals surface area (Å²) in [4.78, 5) is 11.1. The smallest absolute Gasteiger partial charge is 0.335 e. The Bertz CT molecular complexity index is 857. The van der Waals surface area contributed by atoms with Crippen molar-refractivity contribution in [3.63, 3.8) is 0 Å². The molecule has 20 heavy (non-hydrogen) atoms. The summed E-state index contributed by atoms with van der Waals surface area (Å²) >= 11 is 0. The molecule has 0 spiro atoms. The van der Waals surface area contributed by atoms with Gasteiger partial charge in [0, 0.05) is 0 Å². The number of hydrogen-bond donors (Lipinski definition) is 1. The van der Waals surface area contributed by atoms with E-state index in [0.717, 1.165) is 17.5 Å². The molecule has 0 unspecified atom stereocenters. The highest BCUT2D eigenvalue weighted by Gasteiger charge is 2.18. The van der Waals surface area contributed by atoms with Gasteiger partial charge in [0.1, 0.15) is 0 Å². The summed E-state index contributed by atoms with van der Waals surface area (Å²) < 4.78 is 0. The summed E-state index contributed by atoms with van der Waals surface area (Å²) in [5, 5.41) is 11.7. The van der Waals surface area contributed by atoms with E-state index in [-0.39, 0.29) is 0 Å². The lowest BCUT2D eigenvalue weighted by Crippen LogP contribution is -2.04. The first kappa shape index (κ1) is 11.2. The Morgan fingerprint density at radius 1 is 0.900 bits per heavy atom. The molecule has 0 saturated heterocycles. The third-order valence-electron chi connectivity index (χ3n) is 4.01. The number of benzene rings is 3. The molecule has 3 aromatic rings. The predicted octanol–water partition coefficient (Wildman–Crippen LogP) is 4.11. The van der Waals surface area contributed by atoms with Crippen LogP contribution in [0.4, 0.5) is 0 Å². The van der Waals surface area contributed by atoms with Gasteiger partial charge >= 0.3 is 5.97 Å². The molecule has 0 atom stereocenters. The molecule has 3 aromatic carbocycles. The molecular weight excluding hydrogens is 248 g/mol. The van der Waals surface area contributed by atoms with Gasteiger partial charge < -0.3 is 5.11 Å². The van der Waals surface area contributed by atoms with Crippen LogP contribution in [0.1, 0.15) is 21.5 Å². The minimum absolute atomic E-state index is 0.357. The second kappa shape index (κ2) is 3.94. The summed E-state index contributed by atoms with van der Waals surface area (Å²) in [6, 6.07) is 18.0. The van der Waals surface area contributed by atoms with E-state index in [4.69, 9.17) is 5.11 Å². The highest BCUT2D eigenvalue weighted by Crippen LogP contribution is 2.39. The van der Waals surface area contributed by atoms with Gasteiger partial charge in [-0.1, -0.05) is 42.5 Å². The third kappa shape index (κ3) is 1.48. The Balaban J connectivity index is 2.06. The van der Waals surface area contributed by atoms with E-state index in [9.17, 15) is 4.79 Å². The number of carbonyl (C=O) groups is 1. The quantitative estimate of drug-likeness (QED) is 0.559. The predicted molar refractivity (Wildman–Crippen MR) is 79.1 cm³/mol. The number of aromatic carboxylic acids is 1. The molecule has 1 N–H and O–H groups in total. The van der Waals surface area contributed by atoms with Crippen LogP contribution in [0.3, 0.4) is 0 Å². The first-order valence-electron chi connectivity index (χ1n) is 6.61. The maximum atomic E-state index is 11.1. The van der Waals surface area contributed by atoms with Crippen molar-refractivity contribution in [2.75, 3.05) is 0 Å². The van der Waals surface area contributed by atoms with Crippen LogP contribution in [-0.2, 0) is 6.42 Å². The van der Waals surface area contributed by atoms with Gasteiger partial charge in [0.15, 0.2) is 0 Å². The van der Waals surface area contributed by atoms with Gasteiger partial charge in [-0.15, -0.1) is 0 Å². The van der Waals surface area contributed by atoms with E-state index in [2.05, 4.69) is 36.4 Å². The number of hydrogen-bond acceptors (Lipinski definition) is 1. The number of fused-ring (bicyclic) bond motifs is 2. The van der Waals surface area contributed by atoms with Crippen molar-refractivity contribution >= 4 is 16.7 Å². The maximum Gasteiger partial charge on any atom is 0.335 e. The van der Waals surface area contributed by atoms with Crippen LogP contribution in [0.5, 0.6) is 0 Å². The second-order valence-corrected chi connectivity index (χ2v) is 5.17. The fraction of sp³-hybridized carbons (Fsp3) is 0.0556. The van der Waals surface area contributed by atoms with Gasteiger partial charge in [0.05, 0.1) is 5.56 Å². The van der Waals surface area contributed by atoms with E-state index >= 15 is 0 Å². The molecule has 0 heterocycles. The first-order chi connectivity index (χ1) is 9.74. The highest BCUT2D eigenvalue weighted by molar-refractivity contribution is 6.02. The number of carboxylic acid groups (broad SMARTS) is 1. The molecular formula is C18H12O2. The topological polar surface area (TPSA) is 37.3 Å². The molecule has 96 valence electrons. The zero-order chi connectivity index (χ0) is 13.7. The number of rotatable bonds is 1. The fourth-order valence-electron chi connectivity index (χ4n) is 3.13. The number of carboxylic acids is 1. The third-order valence-corrected chi connectivity index (χ3v) is 4.01. The molecule has 0 bridgehead atoms. The van der Waals surface area contributed by atoms with Crippen LogP contribution < -0.4 is 0 Å². The molecule has 2 heteroatoms. The van der Waals surface area contributed by atoms with Gasteiger partial charge in [-0.3, -0.25) is 0 Å². The molecule has 0 amide bonds. The lowest BCUT2D eigenvalue weighted by molar-refractivity contribution is 0.0697. The van der Waals surface area contributed by atoms with Gasteiger partial charge in [0.2, 0.25) is 0 Å². The van der Waals surface area contributed by atoms with Crippen LogP contribution >= 0.6 is 0 Å². The van der Waals surface area contributed by atoms with Crippen molar-refractivity contribution in [2.45, 2.75) is 6.42 Å². The Morgan fingerprint density at radius 2 is 1.70 bits per heavy atom. The van der Waals surface area contributed by atoms with Gasteiger partial charge in [-0.2, -0.15) is 0 Å². The average Bonchev–Trinajstić information content (AvgIpc) is 2.47. The monoisotopic (exact) mass is 260 g/mol. The van der Waals surface area contributed by atoms with Crippen LogP contribution in [0.15, 0.2) is 54.6 Å². The van der Waals surface area contributed by atoms with Crippen LogP contribution in [-0.4, -0.2) is 11.1 Å². The van der Waals surface area contributed by atoms with Crippen LogP contribution in [0.25, 0.3) is 21.9 Å². The summed E-state index contributed by atoms with van der Waals surface area (Å²) in [5.74, 6) is -0.870. The van der Waals surface area contributed by atoms with Crippen molar-refractivity contribution in [2.24, 2.45) is 0 Å². The molecule has 0 saturated carbocycles. The molecule has 0 aromatic heterocycles. The zero-order valence-electron chi connectivity index (χ0n) is 10.8. The Kier molecular flexibility index (Phi) is 2.21. The fourth-order valence-corrected chi connectivity index (χ4v) is 3.13. The van der Waals surface area contributed by atoms with Crippen LogP contribution in [0.2, 0.25) is 0 Å². The van der Waals surface area contributed by atoms with E-state index < -0.39 is 5.97 Å². The van der Waals surface area contributed by atoms with Gasteiger partial charge in [-0.05, 0) is 51.6 Å². The van der Waals surface area contributed by atoms with Gasteiger partial charge in [0.25, 0.3) is 0 Å². The van der Waals surface area contributed by atoms with Crippen molar-refractivity contribution < 1.29 is 9.90 Å². The van der Waals surface area contributed by atoms with Gasteiger partial charge in [-0.25, -0.2) is 4.79 Å². The lowest BCUT2D eigenvalue weighted by Gasteiger charge is -2.21. The Morgan fingerprint density at radius 3 is 2.50 bits per heavy atom. The minimum Gasteiger partial charge on any atom is -0.478 e. The Labute approximate surface area is 116 Å². The zero-order valence-corrected chi connectivity index (χ0v) is 10.8. The largest absolute Gasteiger partial charge is 0.478 e. The highest BCUT2D eigenvalue weighted by atomic mass is 16.4. The maximum absolute atomic E-state index is 11.1. The van der Waals surface area contributed by atoms with E-state index in [1.54, 1.807) is 12.1 Å². The minimum atomic E-state index is -0.870. The van der Waals surface area contributed by atoms with Crippen molar-refractivity contribution in [1.82, 2.24) is 0 Å². The molecule has 0 aliphatic heterocycles. The van der Waals surface area contributed by atoms with Crippen molar-refractivity contribution in [3.8, 4) is 11.1 Å². The van der Waals surface area contributed by atoms with E-state index in [0.29, 0.717) is 5.56 Å². The summed E-state index contributed by atoms with van der Waals surface area (Å²) in [7, 11) is 0. The first-order valence-corrected chi connectivity index (χ1v) is 6.61. The SMILES string of the molecule is O=C(O)c1ccc2c(c1)Cc1cccc3cccc-2c13. The van der Waals surface area contributed by atoms with Crippen molar-refractivity contribution in [3.05, 3.63) is 71.3 Å². The lowest BCUT2D eigenvalue weighted by atomic mass is 9.83. The molecule has 0 radical (unpaired) electrons. The Hall–Kier alpha value is -2.61. The molecule has 2 nitrogen and oxygen atoms in total. The van der Waals surface area contributed by atoms with E-state index in [1.165, 1.54) is 21.9 Å². The molecule has 4 rings (SSSR count). The molecule has 1 aliphatic rings. The summed E-state index contributed by atoms with van der Waals surface area (Å²) in [5.41, 5.74) is 5.08. The van der Waals surface area contributed by atoms with Crippen LogP contribution in [0, 0.1) is 0 Å². The standard InChI is InChI=1S/C18H12O2/c19-18(20)13-7-8-15-14(10-13)9-12-5-1-3-11-4-2-6-16(15)17(11)12/h1-8,10H,9H2,(H,19,20). The van der Waals surface area contributed by atoms with Crippen molar-refractivity contribution in [1.29, 1.82) is 0 Å². The van der Waals surface area contributed by atoms with E-state index in [1.807, 2.05) is 6.07 Å².